The van der Waals surface area contributed by atoms with Gasteiger partial charge < -0.3 is 4.74 Å². The zero-order chi connectivity index (χ0) is 10.7. The Morgan fingerprint density at radius 1 is 1.64 bits per heavy atom. The second-order valence-corrected chi connectivity index (χ2v) is 3.87. The number of halogens is 3. The fourth-order valence-corrected chi connectivity index (χ4v) is 1.43. The van der Waals surface area contributed by atoms with Crippen molar-refractivity contribution in [3.63, 3.8) is 0 Å². The van der Waals surface area contributed by atoms with Crippen LogP contribution in [0.25, 0.3) is 0 Å². The van der Waals surface area contributed by atoms with Gasteiger partial charge in [-0.3, -0.25) is 4.79 Å². The molecule has 1 rings (SSSR count). The predicted molar refractivity (Wildman–Crippen MR) is 54.8 cm³/mol. The lowest BCUT2D eigenvalue weighted by Crippen LogP contribution is -2.06. The molecule has 0 aliphatic heterocycles. The van der Waals surface area contributed by atoms with E-state index in [1.54, 1.807) is 0 Å². The third kappa shape index (κ3) is 2.69. The molecule has 1 aromatic rings. The Labute approximate surface area is 94.1 Å². The van der Waals surface area contributed by atoms with Crippen molar-refractivity contribution in [1.29, 1.82) is 0 Å². The average Bonchev–Trinajstić information content (AvgIpc) is 2.14. The molecule has 0 atom stereocenters. The zero-order valence-electron chi connectivity index (χ0n) is 7.31. The first-order valence-corrected chi connectivity index (χ1v) is 4.92. The molecule has 0 radical (unpaired) electrons. The third-order valence-corrected chi connectivity index (χ3v) is 2.85. The fourth-order valence-electron chi connectivity index (χ4n) is 0.927. The topological polar surface area (TPSA) is 26.3 Å². The summed E-state index contributed by atoms with van der Waals surface area (Å²) in [6.07, 6.45) is -0.116. The van der Waals surface area contributed by atoms with Crippen LogP contribution in [-0.2, 0) is 16.0 Å². The molecule has 0 saturated heterocycles. The molecule has 0 aliphatic rings. The van der Waals surface area contributed by atoms with Crippen molar-refractivity contribution in [2.24, 2.45) is 0 Å². The maximum Gasteiger partial charge on any atom is 0.310 e. The van der Waals surface area contributed by atoms with Gasteiger partial charge in [-0.1, -0.05) is 11.6 Å². The number of esters is 1. The number of ether oxygens (including phenoxy) is 1. The number of benzene rings is 1. The van der Waals surface area contributed by atoms with Gasteiger partial charge in [0.15, 0.2) is 0 Å². The SMILES string of the molecule is COC(=O)Cc1cc(Cl)c(Br)cc1F. The minimum Gasteiger partial charge on any atom is -0.469 e. The van der Waals surface area contributed by atoms with Crippen LogP contribution < -0.4 is 0 Å². The van der Waals surface area contributed by atoms with Crippen LogP contribution in [0.15, 0.2) is 16.6 Å². The smallest absolute Gasteiger partial charge is 0.310 e. The van der Waals surface area contributed by atoms with E-state index in [0.717, 1.165) is 0 Å². The number of hydrogen-bond donors (Lipinski definition) is 0. The highest BCUT2D eigenvalue weighted by Gasteiger charge is 2.10. The zero-order valence-corrected chi connectivity index (χ0v) is 9.65. The summed E-state index contributed by atoms with van der Waals surface area (Å²) in [5.41, 5.74) is 0.227. The standard InChI is InChI=1S/C9H7BrClFO2/c1-14-9(13)3-5-2-7(11)6(10)4-8(5)12/h2,4H,3H2,1H3. The molecule has 0 heterocycles. The third-order valence-electron chi connectivity index (χ3n) is 1.65. The first-order chi connectivity index (χ1) is 6.54. The quantitative estimate of drug-likeness (QED) is 0.615. The van der Waals surface area contributed by atoms with Crippen molar-refractivity contribution in [3.8, 4) is 0 Å². The molecular formula is C9H7BrClFO2. The largest absolute Gasteiger partial charge is 0.469 e. The highest BCUT2D eigenvalue weighted by molar-refractivity contribution is 9.10. The molecule has 5 heteroatoms. The van der Waals surface area contributed by atoms with E-state index >= 15 is 0 Å². The molecule has 0 bridgehead atoms. The van der Waals surface area contributed by atoms with E-state index < -0.39 is 11.8 Å². The second kappa shape index (κ2) is 4.75. The van der Waals surface area contributed by atoms with Crippen molar-refractivity contribution in [1.82, 2.24) is 0 Å². The molecule has 0 fully saturated rings. The second-order valence-electron chi connectivity index (χ2n) is 2.61. The molecule has 0 saturated carbocycles. The van der Waals surface area contributed by atoms with E-state index in [2.05, 4.69) is 20.7 Å². The minimum atomic E-state index is -0.498. The average molecular weight is 282 g/mol. The van der Waals surface area contributed by atoms with Crippen molar-refractivity contribution in [3.05, 3.63) is 33.0 Å². The summed E-state index contributed by atoms with van der Waals surface area (Å²) in [6.45, 7) is 0. The van der Waals surface area contributed by atoms with Gasteiger partial charge in [0, 0.05) is 10.0 Å². The molecule has 0 aliphatic carbocycles. The summed E-state index contributed by atoms with van der Waals surface area (Å²) in [5.74, 6) is -0.978. The van der Waals surface area contributed by atoms with Gasteiger partial charge >= 0.3 is 5.97 Å². The number of hydrogen-bond acceptors (Lipinski definition) is 2. The first-order valence-electron chi connectivity index (χ1n) is 3.75. The van der Waals surface area contributed by atoms with Gasteiger partial charge in [-0.2, -0.15) is 0 Å². The Morgan fingerprint density at radius 3 is 2.86 bits per heavy atom. The van der Waals surface area contributed by atoms with Crippen molar-refractivity contribution >= 4 is 33.5 Å². The van der Waals surface area contributed by atoms with Gasteiger partial charge in [0.25, 0.3) is 0 Å². The molecule has 1 aromatic carbocycles. The van der Waals surface area contributed by atoms with E-state index in [1.807, 2.05) is 0 Å². The van der Waals surface area contributed by atoms with E-state index in [4.69, 9.17) is 11.6 Å². The lowest BCUT2D eigenvalue weighted by atomic mass is 10.1. The van der Waals surface area contributed by atoms with Crippen LogP contribution in [0.5, 0.6) is 0 Å². The normalized spacial score (nSPS) is 10.0. The Kier molecular flexibility index (Phi) is 3.89. The Bertz CT molecular complexity index is 368. The molecule has 0 amide bonds. The van der Waals surface area contributed by atoms with Gasteiger partial charge in [-0.15, -0.1) is 0 Å². The van der Waals surface area contributed by atoms with Crippen LogP contribution in [0.3, 0.4) is 0 Å². The van der Waals surface area contributed by atoms with Gasteiger partial charge in [0.05, 0.1) is 18.6 Å². The van der Waals surface area contributed by atoms with Crippen molar-refractivity contribution in [2.45, 2.75) is 6.42 Å². The number of methoxy groups -OCH3 is 1. The Hall–Kier alpha value is -0.610. The van der Waals surface area contributed by atoms with Crippen LogP contribution >= 0.6 is 27.5 Å². The van der Waals surface area contributed by atoms with Gasteiger partial charge in [0.1, 0.15) is 5.82 Å². The van der Waals surface area contributed by atoms with Crippen LogP contribution in [0.1, 0.15) is 5.56 Å². The summed E-state index contributed by atoms with van der Waals surface area (Å²) in [6, 6.07) is 2.62. The molecule has 2 nitrogen and oxygen atoms in total. The molecule has 0 N–H and O–H groups in total. The first kappa shape index (κ1) is 11.5. The van der Waals surface area contributed by atoms with E-state index in [9.17, 15) is 9.18 Å². The van der Waals surface area contributed by atoms with Gasteiger partial charge in [-0.05, 0) is 28.1 Å². The van der Waals surface area contributed by atoms with E-state index in [1.165, 1.54) is 19.2 Å². The predicted octanol–water partition coefficient (Wildman–Crippen LogP) is 2.96. The molecule has 0 unspecified atom stereocenters. The molecule has 76 valence electrons. The van der Waals surface area contributed by atoms with Gasteiger partial charge in [-0.25, -0.2) is 4.39 Å². The Morgan fingerprint density at radius 2 is 2.29 bits per heavy atom. The summed E-state index contributed by atoms with van der Waals surface area (Å²) in [4.78, 5) is 10.9. The van der Waals surface area contributed by atoms with Crippen LogP contribution in [0.2, 0.25) is 5.02 Å². The minimum absolute atomic E-state index is 0.116. The Balaban J connectivity index is 2.98. The van der Waals surface area contributed by atoms with E-state index in [0.29, 0.717) is 9.50 Å². The molecule has 0 aromatic heterocycles. The van der Waals surface area contributed by atoms with Crippen LogP contribution in [-0.4, -0.2) is 13.1 Å². The summed E-state index contributed by atoms with van der Waals surface area (Å²) in [5, 5.41) is 0.366. The fraction of sp³-hybridized carbons (Fsp3) is 0.222. The molecule has 0 spiro atoms. The molecular weight excluding hydrogens is 274 g/mol. The van der Waals surface area contributed by atoms with E-state index in [-0.39, 0.29) is 12.0 Å². The maximum atomic E-state index is 13.2. The summed E-state index contributed by atoms with van der Waals surface area (Å²) in [7, 11) is 1.25. The number of carbonyl (C=O) groups excluding carboxylic acids is 1. The summed E-state index contributed by atoms with van der Waals surface area (Å²) < 4.78 is 18.1. The highest BCUT2D eigenvalue weighted by Crippen LogP contribution is 2.25. The lowest BCUT2D eigenvalue weighted by Gasteiger charge is -2.03. The van der Waals surface area contributed by atoms with Gasteiger partial charge in [0.2, 0.25) is 0 Å². The highest BCUT2D eigenvalue weighted by atomic mass is 79.9. The number of rotatable bonds is 2. The molecule has 14 heavy (non-hydrogen) atoms. The van der Waals surface area contributed by atoms with Crippen molar-refractivity contribution < 1.29 is 13.9 Å². The maximum absolute atomic E-state index is 13.2. The van der Waals surface area contributed by atoms with Crippen LogP contribution in [0.4, 0.5) is 4.39 Å². The summed E-state index contributed by atoms with van der Waals surface area (Å²) >= 11 is 8.82. The lowest BCUT2D eigenvalue weighted by molar-refractivity contribution is -0.139. The monoisotopic (exact) mass is 280 g/mol. The number of carbonyl (C=O) groups is 1. The van der Waals surface area contributed by atoms with Crippen LogP contribution in [0, 0.1) is 5.82 Å². The van der Waals surface area contributed by atoms with Crippen molar-refractivity contribution in [2.75, 3.05) is 7.11 Å².